The Hall–Kier alpha value is -3.81. The smallest absolute Gasteiger partial charge is 0.370 e. The van der Waals surface area contributed by atoms with Crippen LogP contribution in [-0.2, 0) is 46.4 Å². The van der Waals surface area contributed by atoms with Gasteiger partial charge in [-0.15, -0.1) is 0 Å². The topological polar surface area (TPSA) is 195 Å². The fourth-order valence-corrected chi connectivity index (χ4v) is 8.65. The standard InChI is InChI=1S/C17H23F3N2O3S.C14H17F3N2O3S.C3H7NO/c1-16(2,26(24,25)13-7-5-3-4-6-8-13)15(23)22-14-10-9-12(11-21-14)17(18,19)20;1-13(2,23(21,22)8-9-3-4-9)12(20)19-11-6-5-10(7-18-11)14(15,16)17;1-2-3(4)5/h9-11,13H,3-8H2,1-2H3,(H,21,22,23);5-7,9H,3-4,8H2,1-2H3,(H,18,19,20);2H2,1H3,(H2,4,5). The molecule has 4 rings (SSSR count). The fraction of sp³-hybridized carbons (Fsp3) is 0.618. The molecule has 2 aliphatic carbocycles. The van der Waals surface area contributed by atoms with Gasteiger partial charge in [0, 0.05) is 18.8 Å². The zero-order valence-corrected chi connectivity index (χ0v) is 32.2. The first kappa shape index (κ1) is 46.3. The molecule has 54 heavy (non-hydrogen) atoms. The summed E-state index contributed by atoms with van der Waals surface area (Å²) in [6.07, 6.45) is -1.14. The molecule has 2 aliphatic rings. The lowest BCUT2D eigenvalue weighted by Gasteiger charge is -2.28. The van der Waals surface area contributed by atoms with E-state index in [1.807, 2.05) is 0 Å². The van der Waals surface area contributed by atoms with E-state index >= 15 is 0 Å². The molecule has 3 amide bonds. The van der Waals surface area contributed by atoms with Crippen molar-refractivity contribution >= 4 is 49.0 Å². The number of nitrogens with zero attached hydrogens (tertiary/aromatic N) is 2. The lowest BCUT2D eigenvalue weighted by Crippen LogP contribution is -2.48. The van der Waals surface area contributed by atoms with Gasteiger partial charge in [-0.3, -0.25) is 14.4 Å². The van der Waals surface area contributed by atoms with Crippen LogP contribution < -0.4 is 16.4 Å². The Morgan fingerprint density at radius 2 is 1.09 bits per heavy atom. The molecule has 12 nitrogen and oxygen atoms in total. The van der Waals surface area contributed by atoms with Gasteiger partial charge in [0.15, 0.2) is 19.7 Å². The number of nitrogens with one attached hydrogen (secondary N) is 2. The fourth-order valence-electron chi connectivity index (χ4n) is 4.85. The Labute approximate surface area is 311 Å². The second kappa shape index (κ2) is 18.2. The summed E-state index contributed by atoms with van der Waals surface area (Å²) in [6, 6.07) is 3.56. The maximum absolute atomic E-state index is 12.9. The van der Waals surface area contributed by atoms with Gasteiger partial charge in [-0.25, -0.2) is 26.8 Å². The number of pyridine rings is 2. The molecule has 0 saturated heterocycles. The van der Waals surface area contributed by atoms with Gasteiger partial charge in [-0.1, -0.05) is 32.6 Å². The molecule has 0 radical (unpaired) electrons. The first-order chi connectivity index (χ1) is 24.7. The van der Waals surface area contributed by atoms with Gasteiger partial charge < -0.3 is 16.4 Å². The number of hydrogen-bond acceptors (Lipinski definition) is 9. The number of anilines is 2. The van der Waals surface area contributed by atoms with Crippen LogP contribution in [0.2, 0.25) is 0 Å². The highest BCUT2D eigenvalue weighted by atomic mass is 32.2. The van der Waals surface area contributed by atoms with E-state index in [0.717, 1.165) is 62.8 Å². The number of halogens is 6. The van der Waals surface area contributed by atoms with E-state index in [0.29, 0.717) is 31.7 Å². The van der Waals surface area contributed by atoms with E-state index < -0.39 is 69.7 Å². The van der Waals surface area contributed by atoms with Crippen molar-refractivity contribution in [1.82, 2.24) is 9.97 Å². The van der Waals surface area contributed by atoms with Crippen LogP contribution in [0.15, 0.2) is 36.7 Å². The third-order valence-electron chi connectivity index (χ3n) is 8.99. The van der Waals surface area contributed by atoms with E-state index in [9.17, 15) is 57.6 Å². The number of sulfone groups is 2. The molecular weight excluding hydrogens is 769 g/mol. The Balaban J connectivity index is 0.000000334. The molecule has 0 atom stereocenters. The first-order valence-corrected chi connectivity index (χ1v) is 20.3. The average Bonchev–Trinajstić information content (AvgIpc) is 3.92. The summed E-state index contributed by atoms with van der Waals surface area (Å²) < 4.78 is 122. The van der Waals surface area contributed by atoms with Gasteiger partial charge in [0.1, 0.15) is 21.1 Å². The number of aromatic nitrogens is 2. The van der Waals surface area contributed by atoms with Crippen LogP contribution in [0.25, 0.3) is 0 Å². The number of carbonyl (C=O) groups excluding carboxylic acids is 3. The molecule has 0 bridgehead atoms. The zero-order valence-electron chi connectivity index (χ0n) is 30.6. The number of hydrogen-bond donors (Lipinski definition) is 3. The number of alkyl halides is 6. The van der Waals surface area contributed by atoms with Crippen molar-refractivity contribution < 1.29 is 57.6 Å². The number of carbonyl (C=O) groups is 3. The largest absolute Gasteiger partial charge is 0.417 e. The molecule has 4 N–H and O–H groups in total. The predicted octanol–water partition coefficient (Wildman–Crippen LogP) is 6.48. The van der Waals surface area contributed by atoms with Gasteiger partial charge in [0.25, 0.3) is 0 Å². The van der Waals surface area contributed by atoms with Gasteiger partial charge in [0.05, 0.1) is 22.1 Å². The van der Waals surface area contributed by atoms with Gasteiger partial charge in [-0.2, -0.15) is 26.3 Å². The van der Waals surface area contributed by atoms with Crippen molar-refractivity contribution in [2.24, 2.45) is 11.7 Å². The minimum atomic E-state index is -4.53. The highest BCUT2D eigenvalue weighted by Gasteiger charge is 2.47. The molecule has 0 aromatic carbocycles. The molecule has 0 unspecified atom stereocenters. The number of primary amides is 1. The van der Waals surface area contributed by atoms with Crippen LogP contribution in [0.5, 0.6) is 0 Å². The average molecular weight is 816 g/mol. The Morgan fingerprint density at radius 3 is 1.41 bits per heavy atom. The van der Waals surface area contributed by atoms with Crippen LogP contribution in [0.1, 0.15) is 104 Å². The maximum atomic E-state index is 12.9. The van der Waals surface area contributed by atoms with E-state index in [1.54, 1.807) is 6.92 Å². The van der Waals surface area contributed by atoms with E-state index in [1.165, 1.54) is 27.7 Å². The predicted molar refractivity (Wildman–Crippen MR) is 190 cm³/mol. The summed E-state index contributed by atoms with van der Waals surface area (Å²) in [7, 11) is -7.42. The van der Waals surface area contributed by atoms with Crippen LogP contribution >= 0.6 is 0 Å². The second-order valence-corrected chi connectivity index (χ2v) is 19.4. The molecule has 0 aliphatic heterocycles. The zero-order chi connectivity index (χ0) is 41.3. The SMILES string of the molecule is CC(C)(C(=O)Nc1ccc(C(F)(F)F)cn1)S(=O)(=O)C1CCCCCC1.CC(C)(C(=O)Nc1ccc(C(F)(F)F)cn1)S(=O)(=O)CC1CC1.CCC(N)=O. The quantitative estimate of drug-likeness (QED) is 0.178. The molecule has 20 heteroatoms. The lowest BCUT2D eigenvalue weighted by molar-refractivity contribution is -0.138. The molecular formula is C34H47F6N5O7S2. The van der Waals surface area contributed by atoms with Gasteiger partial charge in [0.2, 0.25) is 17.7 Å². The van der Waals surface area contributed by atoms with Crippen molar-refractivity contribution in [2.75, 3.05) is 16.4 Å². The molecule has 2 fully saturated rings. The second-order valence-electron chi connectivity index (χ2n) is 14.0. The summed E-state index contributed by atoms with van der Waals surface area (Å²) in [4.78, 5) is 41.4. The van der Waals surface area contributed by atoms with E-state index in [2.05, 4.69) is 26.3 Å². The van der Waals surface area contributed by atoms with Crippen molar-refractivity contribution in [1.29, 1.82) is 0 Å². The summed E-state index contributed by atoms with van der Waals surface area (Å²) in [5, 5.41) is 4.01. The van der Waals surface area contributed by atoms with Crippen LogP contribution in [0, 0.1) is 5.92 Å². The molecule has 304 valence electrons. The minimum absolute atomic E-state index is 0.0616. The first-order valence-electron chi connectivity index (χ1n) is 17.1. The molecule has 2 saturated carbocycles. The van der Waals surface area contributed by atoms with E-state index in [4.69, 9.17) is 0 Å². The third kappa shape index (κ3) is 12.9. The molecule has 2 aromatic heterocycles. The Kier molecular flexibility index (Phi) is 15.6. The van der Waals surface area contributed by atoms with Crippen molar-refractivity contribution in [3.63, 3.8) is 0 Å². The normalized spacial score (nSPS) is 16.1. The van der Waals surface area contributed by atoms with E-state index in [-0.39, 0.29) is 29.2 Å². The molecule has 2 aromatic rings. The highest BCUT2D eigenvalue weighted by molar-refractivity contribution is 7.94. The summed E-state index contributed by atoms with van der Waals surface area (Å²) in [6.45, 7) is 6.94. The van der Waals surface area contributed by atoms with Crippen LogP contribution in [0.3, 0.4) is 0 Å². The van der Waals surface area contributed by atoms with Crippen LogP contribution in [0.4, 0.5) is 38.0 Å². The third-order valence-corrected chi connectivity index (χ3v) is 14.6. The van der Waals surface area contributed by atoms with Crippen molar-refractivity contribution in [3.05, 3.63) is 47.8 Å². The molecule has 2 heterocycles. The molecule has 0 spiro atoms. The number of amides is 3. The lowest BCUT2D eigenvalue weighted by atomic mass is 10.2. The van der Waals surface area contributed by atoms with Crippen LogP contribution in [-0.4, -0.2) is 65.0 Å². The Morgan fingerprint density at radius 1 is 0.704 bits per heavy atom. The van der Waals surface area contributed by atoms with Gasteiger partial charge >= 0.3 is 12.4 Å². The minimum Gasteiger partial charge on any atom is -0.370 e. The monoisotopic (exact) mass is 815 g/mol. The number of nitrogens with two attached hydrogens (primary N) is 1. The maximum Gasteiger partial charge on any atom is 0.417 e. The van der Waals surface area contributed by atoms with Crippen molar-refractivity contribution in [3.8, 4) is 0 Å². The van der Waals surface area contributed by atoms with Crippen molar-refractivity contribution in [2.45, 2.75) is 120 Å². The summed E-state index contributed by atoms with van der Waals surface area (Å²) in [5.74, 6) is -2.07. The van der Waals surface area contributed by atoms with Gasteiger partial charge in [-0.05, 0) is 83.6 Å². The Bertz CT molecular complexity index is 1800. The summed E-state index contributed by atoms with van der Waals surface area (Å²) in [5.41, 5.74) is 2.76. The number of rotatable bonds is 10. The highest BCUT2D eigenvalue weighted by Crippen LogP contribution is 2.35. The summed E-state index contributed by atoms with van der Waals surface area (Å²) >= 11 is 0.